The van der Waals surface area contributed by atoms with E-state index in [9.17, 15) is 0 Å². The molecule has 1 aliphatic heterocycles. The number of benzene rings is 1. The fourth-order valence-electron chi connectivity index (χ4n) is 2.52. The molecule has 1 saturated heterocycles. The van der Waals surface area contributed by atoms with Crippen molar-refractivity contribution in [1.29, 1.82) is 0 Å². The zero-order valence-corrected chi connectivity index (χ0v) is 10.9. The van der Waals surface area contributed by atoms with E-state index in [0.717, 1.165) is 30.5 Å². The Kier molecular flexibility index (Phi) is 2.74. The van der Waals surface area contributed by atoms with Gasteiger partial charge in [0.1, 0.15) is 6.10 Å². The van der Waals surface area contributed by atoms with Gasteiger partial charge in [-0.2, -0.15) is 4.98 Å². The summed E-state index contributed by atoms with van der Waals surface area (Å²) in [4.78, 5) is 8.77. The van der Waals surface area contributed by atoms with Crippen LogP contribution >= 0.6 is 0 Å². The van der Waals surface area contributed by atoms with Crippen molar-refractivity contribution in [2.45, 2.75) is 25.5 Å². The number of aromatic nitrogens is 4. The largest absolute Gasteiger partial charge is 0.368 e. The molecule has 1 fully saturated rings. The van der Waals surface area contributed by atoms with E-state index in [0.29, 0.717) is 18.3 Å². The lowest BCUT2D eigenvalue weighted by molar-refractivity contribution is 0.0835. The predicted octanol–water partition coefficient (Wildman–Crippen LogP) is 2.32. The second-order valence-electron chi connectivity index (χ2n) is 4.91. The maximum absolute atomic E-state index is 5.54. The van der Waals surface area contributed by atoms with Crippen molar-refractivity contribution in [2.75, 3.05) is 6.61 Å². The Labute approximate surface area is 115 Å². The summed E-state index contributed by atoms with van der Waals surface area (Å²) in [5.41, 5.74) is 2.03. The summed E-state index contributed by atoms with van der Waals surface area (Å²) in [5, 5.41) is 4.03. The molecule has 0 bridgehead atoms. The van der Waals surface area contributed by atoms with Gasteiger partial charge in [0.25, 0.3) is 5.89 Å². The molecule has 0 radical (unpaired) electrons. The second-order valence-corrected chi connectivity index (χ2v) is 4.91. The highest BCUT2D eigenvalue weighted by Gasteiger charge is 2.23. The van der Waals surface area contributed by atoms with Gasteiger partial charge in [0.05, 0.1) is 23.9 Å². The van der Waals surface area contributed by atoms with Gasteiger partial charge in [-0.3, -0.25) is 0 Å². The van der Waals surface area contributed by atoms with Crippen LogP contribution in [0.3, 0.4) is 0 Å². The smallest absolute Gasteiger partial charge is 0.255 e. The molecule has 0 aliphatic carbocycles. The SMILES string of the molecule is c1ccc2c(c1)ncn2Cc1noc(C2CCCO2)n1. The van der Waals surface area contributed by atoms with Crippen LogP contribution in [-0.4, -0.2) is 26.3 Å². The highest BCUT2D eigenvalue weighted by Crippen LogP contribution is 2.27. The maximum atomic E-state index is 5.54. The number of ether oxygens (including phenoxy) is 1. The summed E-state index contributed by atoms with van der Waals surface area (Å²) in [6.45, 7) is 1.32. The van der Waals surface area contributed by atoms with Gasteiger partial charge in [-0.25, -0.2) is 4.98 Å². The molecule has 20 heavy (non-hydrogen) atoms. The van der Waals surface area contributed by atoms with Crippen LogP contribution in [-0.2, 0) is 11.3 Å². The number of rotatable bonds is 3. The molecular weight excluding hydrogens is 256 g/mol. The lowest BCUT2D eigenvalue weighted by Gasteiger charge is -2.01. The molecule has 3 aromatic rings. The van der Waals surface area contributed by atoms with Crippen molar-refractivity contribution in [3.8, 4) is 0 Å². The van der Waals surface area contributed by atoms with Crippen LogP contribution < -0.4 is 0 Å². The molecule has 1 atom stereocenters. The Balaban J connectivity index is 1.59. The Hall–Kier alpha value is -2.21. The number of hydrogen-bond acceptors (Lipinski definition) is 5. The van der Waals surface area contributed by atoms with E-state index in [1.54, 1.807) is 6.33 Å². The van der Waals surface area contributed by atoms with Crippen LogP contribution in [0, 0.1) is 0 Å². The first kappa shape index (κ1) is 11.6. The third kappa shape index (κ3) is 1.98. The van der Waals surface area contributed by atoms with Crippen molar-refractivity contribution >= 4 is 11.0 Å². The minimum absolute atomic E-state index is 0.0317. The molecule has 0 N–H and O–H groups in total. The third-order valence-electron chi connectivity index (χ3n) is 3.53. The summed E-state index contributed by atoms with van der Waals surface area (Å²) in [6, 6.07) is 7.99. The van der Waals surface area contributed by atoms with Gasteiger partial charge in [-0.1, -0.05) is 17.3 Å². The van der Waals surface area contributed by atoms with Gasteiger partial charge in [0, 0.05) is 6.61 Å². The second kappa shape index (κ2) is 4.72. The van der Waals surface area contributed by atoms with Crippen molar-refractivity contribution in [2.24, 2.45) is 0 Å². The third-order valence-corrected chi connectivity index (χ3v) is 3.53. The van der Waals surface area contributed by atoms with Crippen LogP contribution in [0.1, 0.15) is 30.7 Å². The summed E-state index contributed by atoms with van der Waals surface area (Å²) >= 11 is 0. The summed E-state index contributed by atoms with van der Waals surface area (Å²) in [5.74, 6) is 1.24. The Morgan fingerprint density at radius 3 is 3.15 bits per heavy atom. The van der Waals surface area contributed by atoms with E-state index >= 15 is 0 Å². The van der Waals surface area contributed by atoms with Crippen molar-refractivity contribution in [3.05, 3.63) is 42.3 Å². The Morgan fingerprint density at radius 1 is 1.30 bits per heavy atom. The highest BCUT2D eigenvalue weighted by molar-refractivity contribution is 5.74. The first-order valence-corrected chi connectivity index (χ1v) is 6.74. The van der Waals surface area contributed by atoms with Crippen LogP contribution in [0.2, 0.25) is 0 Å². The molecule has 1 aliphatic rings. The molecule has 0 amide bonds. The molecule has 3 heterocycles. The van der Waals surface area contributed by atoms with Crippen LogP contribution in [0.4, 0.5) is 0 Å². The topological polar surface area (TPSA) is 66.0 Å². The van der Waals surface area contributed by atoms with E-state index in [-0.39, 0.29) is 6.10 Å². The van der Waals surface area contributed by atoms with Gasteiger partial charge >= 0.3 is 0 Å². The lowest BCUT2D eigenvalue weighted by Crippen LogP contribution is -2.01. The monoisotopic (exact) mass is 270 g/mol. The normalized spacial score (nSPS) is 18.9. The van der Waals surface area contributed by atoms with Gasteiger partial charge in [0.15, 0.2) is 5.82 Å². The standard InChI is InChI=1S/C14H14N4O2/c1-2-5-11-10(4-1)15-9-18(11)8-13-16-14(20-17-13)12-6-3-7-19-12/h1-2,4-5,9,12H,3,6-8H2. The average Bonchev–Trinajstić information content (AvgIpc) is 3.19. The average molecular weight is 270 g/mol. The minimum Gasteiger partial charge on any atom is -0.368 e. The van der Waals surface area contributed by atoms with Crippen LogP contribution in [0.5, 0.6) is 0 Å². The van der Waals surface area contributed by atoms with E-state index in [1.807, 2.05) is 28.8 Å². The number of fused-ring (bicyclic) bond motifs is 1. The van der Waals surface area contributed by atoms with E-state index in [1.165, 1.54) is 0 Å². The molecule has 6 heteroatoms. The summed E-state index contributed by atoms with van der Waals surface area (Å²) in [6.07, 6.45) is 3.77. The van der Waals surface area contributed by atoms with E-state index in [2.05, 4.69) is 15.1 Å². The van der Waals surface area contributed by atoms with Crippen LogP contribution in [0.15, 0.2) is 35.1 Å². The molecular formula is C14H14N4O2. The van der Waals surface area contributed by atoms with Gasteiger partial charge < -0.3 is 13.8 Å². The van der Waals surface area contributed by atoms with Gasteiger partial charge in [-0.05, 0) is 25.0 Å². The zero-order chi connectivity index (χ0) is 13.4. The summed E-state index contributed by atoms with van der Waals surface area (Å²) < 4.78 is 12.8. The van der Waals surface area contributed by atoms with Gasteiger partial charge in [0.2, 0.25) is 0 Å². The fourth-order valence-corrected chi connectivity index (χ4v) is 2.52. The lowest BCUT2D eigenvalue weighted by atomic mass is 10.2. The molecule has 2 aromatic heterocycles. The predicted molar refractivity (Wildman–Crippen MR) is 71.1 cm³/mol. The van der Waals surface area contributed by atoms with E-state index in [4.69, 9.17) is 9.26 Å². The molecule has 1 aromatic carbocycles. The van der Waals surface area contributed by atoms with Crippen LogP contribution in [0.25, 0.3) is 11.0 Å². The molecule has 1 unspecified atom stereocenters. The van der Waals surface area contributed by atoms with Crippen molar-refractivity contribution < 1.29 is 9.26 Å². The quantitative estimate of drug-likeness (QED) is 0.730. The molecule has 4 rings (SSSR count). The molecule has 0 saturated carbocycles. The molecule has 6 nitrogen and oxygen atoms in total. The first-order valence-electron chi connectivity index (χ1n) is 6.74. The minimum atomic E-state index is -0.0317. The summed E-state index contributed by atoms with van der Waals surface area (Å²) in [7, 11) is 0. The van der Waals surface area contributed by atoms with Gasteiger partial charge in [-0.15, -0.1) is 0 Å². The number of imidazole rings is 1. The Bertz CT molecular complexity index is 727. The Morgan fingerprint density at radius 2 is 2.25 bits per heavy atom. The highest BCUT2D eigenvalue weighted by atomic mass is 16.5. The molecule has 0 spiro atoms. The zero-order valence-electron chi connectivity index (χ0n) is 10.9. The first-order chi connectivity index (χ1) is 9.90. The van der Waals surface area contributed by atoms with Crippen molar-refractivity contribution in [1.82, 2.24) is 19.7 Å². The fraction of sp³-hybridized carbons (Fsp3) is 0.357. The van der Waals surface area contributed by atoms with E-state index < -0.39 is 0 Å². The number of hydrogen-bond donors (Lipinski definition) is 0. The van der Waals surface area contributed by atoms with Crippen molar-refractivity contribution in [3.63, 3.8) is 0 Å². The number of para-hydroxylation sites is 2. The number of nitrogens with zero attached hydrogens (tertiary/aromatic N) is 4. The maximum Gasteiger partial charge on any atom is 0.255 e. The molecule has 102 valence electrons.